The molecule has 14 heavy (non-hydrogen) atoms. The molecule has 0 aliphatic heterocycles. The van der Waals surface area contributed by atoms with E-state index in [2.05, 4.69) is 24.3 Å². The quantitative estimate of drug-likeness (QED) is 0.744. The summed E-state index contributed by atoms with van der Waals surface area (Å²) in [6.45, 7) is 10.3. The van der Waals surface area contributed by atoms with E-state index in [1.54, 1.807) is 0 Å². The molecule has 0 saturated carbocycles. The lowest BCUT2D eigenvalue weighted by molar-refractivity contribution is -0.130. The number of nitrogens with one attached hydrogen (secondary N) is 1. The van der Waals surface area contributed by atoms with Crippen molar-refractivity contribution in [3.8, 4) is 0 Å². The number of alkyl halides is 3. The van der Waals surface area contributed by atoms with E-state index in [9.17, 15) is 13.2 Å². The van der Waals surface area contributed by atoms with Crippen molar-refractivity contribution in [2.45, 2.75) is 51.4 Å². The highest BCUT2D eigenvalue weighted by Gasteiger charge is 2.34. The van der Waals surface area contributed by atoms with Crippen molar-refractivity contribution in [1.29, 1.82) is 0 Å². The monoisotopic (exact) mass is 243 g/mol. The Balaban J connectivity index is 4.09. The van der Waals surface area contributed by atoms with Crippen LogP contribution >= 0.6 is 0 Å². The molecule has 0 rings (SSSR count). The van der Waals surface area contributed by atoms with Crippen LogP contribution in [0.1, 0.15) is 6.42 Å². The smallest absolute Gasteiger partial charge is 0.360 e. The Hall–Kier alpha value is 0.184. The van der Waals surface area contributed by atoms with Gasteiger partial charge >= 0.3 is 6.18 Å². The van der Waals surface area contributed by atoms with E-state index >= 15 is 0 Å². The molecule has 0 atom stereocenters. The molecular formula is C8H20F3NSi2. The zero-order chi connectivity index (χ0) is 11.6. The van der Waals surface area contributed by atoms with Gasteiger partial charge in [-0.1, -0.05) is 32.7 Å². The van der Waals surface area contributed by atoms with Crippen molar-refractivity contribution in [2.75, 3.05) is 0 Å². The van der Waals surface area contributed by atoms with Gasteiger partial charge < -0.3 is 4.65 Å². The van der Waals surface area contributed by atoms with Gasteiger partial charge in [0, 0.05) is 6.42 Å². The third-order valence-corrected chi connectivity index (χ3v) is 8.95. The Bertz CT molecular complexity index is 184. The van der Waals surface area contributed by atoms with Gasteiger partial charge in [0.05, 0.1) is 0 Å². The zero-order valence-corrected chi connectivity index (χ0v) is 11.5. The Morgan fingerprint density at radius 1 is 1.00 bits per heavy atom. The van der Waals surface area contributed by atoms with Crippen LogP contribution in [0.5, 0.6) is 0 Å². The summed E-state index contributed by atoms with van der Waals surface area (Å²) in [4.78, 5) is 0. The van der Waals surface area contributed by atoms with Gasteiger partial charge in [-0.25, -0.2) is 0 Å². The first kappa shape index (κ1) is 14.2. The van der Waals surface area contributed by atoms with E-state index in [-0.39, 0.29) is 6.04 Å². The number of hydrogen-bond donors (Lipinski definition) is 1. The van der Waals surface area contributed by atoms with Gasteiger partial charge in [-0.3, -0.25) is 0 Å². The van der Waals surface area contributed by atoms with Crippen LogP contribution in [0.25, 0.3) is 0 Å². The Morgan fingerprint density at radius 2 is 1.43 bits per heavy atom. The highest BCUT2D eigenvalue weighted by molar-refractivity contribution is 6.90. The Kier molecular flexibility index (Phi) is 4.42. The van der Waals surface area contributed by atoms with Gasteiger partial charge in [-0.15, -0.1) is 0 Å². The van der Waals surface area contributed by atoms with E-state index in [1.807, 2.05) is 13.1 Å². The largest absolute Gasteiger partial charge is 0.388 e. The SMILES string of the molecule is C[Si](C)(C)N[Si](C)(C)CCC(F)(F)F. The molecular weight excluding hydrogens is 223 g/mol. The minimum atomic E-state index is -4.01. The summed E-state index contributed by atoms with van der Waals surface area (Å²) in [7, 11) is -3.30. The van der Waals surface area contributed by atoms with Crippen molar-refractivity contribution in [3.63, 3.8) is 0 Å². The second-order valence-electron chi connectivity index (χ2n) is 5.37. The van der Waals surface area contributed by atoms with Gasteiger partial charge in [-0.2, -0.15) is 13.2 Å². The number of halogens is 3. The van der Waals surface area contributed by atoms with E-state index in [0.29, 0.717) is 0 Å². The molecule has 0 aromatic carbocycles. The van der Waals surface area contributed by atoms with Crippen LogP contribution in [-0.4, -0.2) is 22.6 Å². The van der Waals surface area contributed by atoms with Crippen molar-refractivity contribution in [1.82, 2.24) is 4.65 Å². The third-order valence-electron chi connectivity index (χ3n) is 1.75. The predicted molar refractivity (Wildman–Crippen MR) is 59.4 cm³/mol. The van der Waals surface area contributed by atoms with Crippen molar-refractivity contribution in [3.05, 3.63) is 0 Å². The maximum atomic E-state index is 12.0. The molecule has 0 bridgehead atoms. The van der Waals surface area contributed by atoms with Crippen LogP contribution in [0.15, 0.2) is 0 Å². The van der Waals surface area contributed by atoms with E-state index < -0.39 is 29.1 Å². The fraction of sp³-hybridized carbons (Fsp3) is 1.00. The standard InChI is InChI=1S/C8H20F3NSi2/c1-13(2,3)12-14(4,5)7-6-8(9,10)11/h12H,6-7H2,1-5H3. The summed E-state index contributed by atoms with van der Waals surface area (Å²) >= 11 is 0. The third kappa shape index (κ3) is 8.77. The van der Waals surface area contributed by atoms with Gasteiger partial charge in [0.1, 0.15) is 16.5 Å². The molecule has 0 spiro atoms. The number of rotatable bonds is 4. The van der Waals surface area contributed by atoms with Gasteiger partial charge in [0.2, 0.25) is 0 Å². The van der Waals surface area contributed by atoms with E-state index in [1.165, 1.54) is 0 Å². The molecule has 0 aliphatic carbocycles. The van der Waals surface area contributed by atoms with Gasteiger partial charge in [0.25, 0.3) is 0 Å². The highest BCUT2D eigenvalue weighted by atomic mass is 28.4. The van der Waals surface area contributed by atoms with Crippen LogP contribution in [0.3, 0.4) is 0 Å². The average molecular weight is 243 g/mol. The first-order chi connectivity index (χ1) is 5.91. The molecule has 0 fully saturated rings. The molecule has 0 aromatic rings. The first-order valence-electron chi connectivity index (χ1n) is 4.77. The molecule has 86 valence electrons. The molecule has 0 aliphatic rings. The van der Waals surface area contributed by atoms with E-state index in [4.69, 9.17) is 0 Å². The summed E-state index contributed by atoms with van der Waals surface area (Å²) in [5.74, 6) is 0. The Morgan fingerprint density at radius 3 is 1.71 bits per heavy atom. The van der Waals surface area contributed by atoms with Crippen molar-refractivity contribution in [2.24, 2.45) is 0 Å². The van der Waals surface area contributed by atoms with Gasteiger partial charge in [-0.05, 0) is 6.04 Å². The average Bonchev–Trinajstić information content (AvgIpc) is 1.76. The molecule has 0 heterocycles. The Labute approximate surface area is 86.3 Å². The fourth-order valence-electron chi connectivity index (χ4n) is 1.53. The topological polar surface area (TPSA) is 12.0 Å². The minimum Gasteiger partial charge on any atom is -0.360 e. The van der Waals surface area contributed by atoms with Crippen LogP contribution < -0.4 is 4.65 Å². The molecule has 1 N–H and O–H groups in total. The summed E-state index contributed by atoms with van der Waals surface area (Å²) in [5, 5.41) is 0. The minimum absolute atomic E-state index is 0.279. The second-order valence-corrected chi connectivity index (χ2v) is 15.1. The lowest BCUT2D eigenvalue weighted by atomic mass is 10.5. The summed E-state index contributed by atoms with van der Waals surface area (Å²) in [6.07, 6.45) is -4.66. The lowest BCUT2D eigenvalue weighted by Crippen LogP contribution is -2.57. The van der Waals surface area contributed by atoms with Crippen LogP contribution in [0.4, 0.5) is 13.2 Å². The fourth-order valence-corrected chi connectivity index (χ4v) is 11.1. The lowest BCUT2D eigenvalue weighted by Gasteiger charge is -2.32. The molecule has 6 heteroatoms. The summed E-state index contributed by atoms with van der Waals surface area (Å²) in [5.41, 5.74) is 0. The van der Waals surface area contributed by atoms with Crippen LogP contribution in [0.2, 0.25) is 38.8 Å². The molecule has 0 radical (unpaired) electrons. The van der Waals surface area contributed by atoms with Crippen molar-refractivity contribution >= 4 is 16.5 Å². The maximum Gasteiger partial charge on any atom is 0.388 e. The molecule has 0 unspecified atom stereocenters. The van der Waals surface area contributed by atoms with Crippen LogP contribution in [-0.2, 0) is 0 Å². The summed E-state index contributed by atoms with van der Waals surface area (Å²) in [6, 6.07) is 0.279. The second kappa shape index (κ2) is 4.36. The highest BCUT2D eigenvalue weighted by Crippen LogP contribution is 2.25. The molecule has 0 saturated heterocycles. The number of hydrogen-bond acceptors (Lipinski definition) is 1. The van der Waals surface area contributed by atoms with Gasteiger partial charge in [0.15, 0.2) is 0 Å². The zero-order valence-electron chi connectivity index (χ0n) is 9.55. The predicted octanol–water partition coefficient (Wildman–Crippen LogP) is 3.57. The summed E-state index contributed by atoms with van der Waals surface area (Å²) < 4.78 is 39.5. The molecule has 0 amide bonds. The van der Waals surface area contributed by atoms with E-state index in [0.717, 1.165) is 0 Å². The van der Waals surface area contributed by atoms with Crippen LogP contribution in [0, 0.1) is 0 Å². The van der Waals surface area contributed by atoms with Crippen molar-refractivity contribution < 1.29 is 13.2 Å². The first-order valence-corrected chi connectivity index (χ1v) is 11.5. The molecule has 1 nitrogen and oxygen atoms in total. The normalized spacial score (nSPS) is 14.6. The maximum absolute atomic E-state index is 12.0. The molecule has 0 aromatic heterocycles.